The highest BCUT2D eigenvalue weighted by atomic mass is 16.5. The van der Waals surface area contributed by atoms with Gasteiger partial charge in [-0.2, -0.15) is 0 Å². The van der Waals surface area contributed by atoms with Gasteiger partial charge < -0.3 is 9.84 Å². The fourth-order valence-corrected chi connectivity index (χ4v) is 2.37. The van der Waals surface area contributed by atoms with Crippen molar-refractivity contribution in [1.82, 2.24) is 14.6 Å². The smallest absolute Gasteiger partial charge is 0.343 e. The molecule has 7 heteroatoms. The number of aliphatic hydroxyl groups is 1. The SMILES string of the molecule is CCOC(=O)c1c[nH]n2c(=O)c(CCO)c(C(C)(C)C)nc12. The molecule has 0 amide bonds. The highest BCUT2D eigenvalue weighted by molar-refractivity contribution is 5.95. The van der Waals surface area contributed by atoms with Gasteiger partial charge in [-0.25, -0.2) is 14.3 Å². The van der Waals surface area contributed by atoms with E-state index in [1.165, 1.54) is 10.7 Å². The predicted octanol–water partition coefficient (Wildman–Crippen LogP) is 1.03. The van der Waals surface area contributed by atoms with Crippen LogP contribution < -0.4 is 5.56 Å². The molecule has 2 heterocycles. The second-order valence-corrected chi connectivity index (χ2v) is 6.03. The summed E-state index contributed by atoms with van der Waals surface area (Å²) in [5.74, 6) is -0.525. The van der Waals surface area contributed by atoms with Crippen molar-refractivity contribution in [1.29, 1.82) is 0 Å². The van der Waals surface area contributed by atoms with Crippen LogP contribution in [-0.2, 0) is 16.6 Å². The number of aliphatic hydroxyl groups excluding tert-OH is 1. The maximum absolute atomic E-state index is 12.6. The number of aromatic nitrogens is 3. The van der Waals surface area contributed by atoms with E-state index in [4.69, 9.17) is 4.74 Å². The first-order valence-corrected chi connectivity index (χ1v) is 7.22. The van der Waals surface area contributed by atoms with E-state index in [9.17, 15) is 14.7 Å². The number of esters is 1. The van der Waals surface area contributed by atoms with Crippen LogP contribution in [0, 0.1) is 0 Å². The average molecular weight is 307 g/mol. The first-order chi connectivity index (χ1) is 10.3. The first-order valence-electron chi connectivity index (χ1n) is 7.22. The van der Waals surface area contributed by atoms with Crippen molar-refractivity contribution in [2.24, 2.45) is 0 Å². The topological polar surface area (TPSA) is 96.7 Å². The van der Waals surface area contributed by atoms with Crippen LogP contribution in [0.2, 0.25) is 0 Å². The van der Waals surface area contributed by atoms with E-state index in [1.54, 1.807) is 6.92 Å². The number of ether oxygens (including phenoxy) is 1. The molecule has 0 unspecified atom stereocenters. The number of hydrogen-bond donors (Lipinski definition) is 2. The molecule has 7 nitrogen and oxygen atoms in total. The van der Waals surface area contributed by atoms with E-state index in [0.29, 0.717) is 11.3 Å². The Hall–Kier alpha value is -2.15. The number of carbonyl (C=O) groups excluding carboxylic acids is 1. The lowest BCUT2D eigenvalue weighted by Crippen LogP contribution is -2.29. The Labute approximate surface area is 127 Å². The first kappa shape index (κ1) is 16.2. The number of H-pyrrole nitrogens is 1. The fraction of sp³-hybridized carbons (Fsp3) is 0.533. The van der Waals surface area contributed by atoms with Gasteiger partial charge >= 0.3 is 5.97 Å². The molecule has 2 aromatic rings. The van der Waals surface area contributed by atoms with Gasteiger partial charge in [0.1, 0.15) is 5.56 Å². The second kappa shape index (κ2) is 5.92. The molecule has 0 aliphatic rings. The molecule has 0 bridgehead atoms. The van der Waals surface area contributed by atoms with Gasteiger partial charge in [0.2, 0.25) is 0 Å². The number of fused-ring (bicyclic) bond motifs is 1. The molecule has 0 radical (unpaired) electrons. The number of aromatic amines is 1. The summed E-state index contributed by atoms with van der Waals surface area (Å²) in [7, 11) is 0. The minimum Gasteiger partial charge on any atom is -0.462 e. The van der Waals surface area contributed by atoms with Crippen molar-refractivity contribution in [3.8, 4) is 0 Å². The number of nitrogens with zero attached hydrogens (tertiary/aromatic N) is 2. The Balaban J connectivity index is 2.76. The quantitative estimate of drug-likeness (QED) is 0.822. The highest BCUT2D eigenvalue weighted by Crippen LogP contribution is 2.24. The maximum atomic E-state index is 12.6. The number of nitrogens with one attached hydrogen (secondary N) is 1. The number of rotatable bonds is 4. The van der Waals surface area contributed by atoms with Crippen LogP contribution in [-0.4, -0.2) is 38.9 Å². The molecule has 22 heavy (non-hydrogen) atoms. The summed E-state index contributed by atoms with van der Waals surface area (Å²) in [6.45, 7) is 7.62. The van der Waals surface area contributed by atoms with Crippen LogP contribution in [0.15, 0.2) is 11.0 Å². The molecule has 2 rings (SSSR count). The molecule has 0 aromatic carbocycles. The summed E-state index contributed by atoms with van der Waals surface area (Å²) in [6, 6.07) is 0. The van der Waals surface area contributed by atoms with Gasteiger partial charge in [0.05, 0.1) is 12.3 Å². The summed E-state index contributed by atoms with van der Waals surface area (Å²) < 4.78 is 6.20. The largest absolute Gasteiger partial charge is 0.462 e. The highest BCUT2D eigenvalue weighted by Gasteiger charge is 2.26. The van der Waals surface area contributed by atoms with E-state index in [1.807, 2.05) is 20.8 Å². The van der Waals surface area contributed by atoms with Crippen LogP contribution in [0.4, 0.5) is 0 Å². The maximum Gasteiger partial charge on any atom is 0.343 e. The minimum absolute atomic E-state index is 0.141. The van der Waals surface area contributed by atoms with E-state index >= 15 is 0 Å². The van der Waals surface area contributed by atoms with Gasteiger partial charge in [-0.05, 0) is 6.92 Å². The third kappa shape index (κ3) is 2.76. The van der Waals surface area contributed by atoms with Gasteiger partial charge in [-0.15, -0.1) is 0 Å². The van der Waals surface area contributed by atoms with Crippen LogP contribution in [0.3, 0.4) is 0 Å². The standard InChI is InChI=1S/C15H21N3O4/c1-5-22-14(21)10-8-16-18-12(10)17-11(15(2,3)4)9(6-7-19)13(18)20/h8,16,19H,5-7H2,1-4H3. The Bertz CT molecular complexity index is 752. The number of carbonyl (C=O) groups is 1. The summed E-state index contributed by atoms with van der Waals surface area (Å²) in [5.41, 5.74) is 0.803. The fourth-order valence-electron chi connectivity index (χ4n) is 2.37. The van der Waals surface area contributed by atoms with Crippen LogP contribution >= 0.6 is 0 Å². The van der Waals surface area contributed by atoms with Gasteiger partial charge in [0.25, 0.3) is 5.56 Å². The molecule has 0 aliphatic heterocycles. The summed E-state index contributed by atoms with van der Waals surface area (Å²) in [6.07, 6.45) is 1.63. The molecular formula is C15H21N3O4. The predicted molar refractivity (Wildman–Crippen MR) is 81.3 cm³/mol. The molecule has 2 aromatic heterocycles. The molecule has 0 spiro atoms. The lowest BCUT2D eigenvalue weighted by atomic mass is 9.88. The van der Waals surface area contributed by atoms with Crippen molar-refractivity contribution in [2.45, 2.75) is 39.5 Å². The lowest BCUT2D eigenvalue weighted by molar-refractivity contribution is 0.0528. The van der Waals surface area contributed by atoms with Crippen LogP contribution in [0.1, 0.15) is 49.3 Å². The monoisotopic (exact) mass is 307 g/mol. The van der Waals surface area contributed by atoms with Crippen molar-refractivity contribution < 1.29 is 14.6 Å². The van der Waals surface area contributed by atoms with Gasteiger partial charge in [0, 0.05) is 30.2 Å². The second-order valence-electron chi connectivity index (χ2n) is 6.03. The Morgan fingerprint density at radius 2 is 2.14 bits per heavy atom. The van der Waals surface area contributed by atoms with E-state index in [2.05, 4.69) is 10.1 Å². The minimum atomic E-state index is -0.525. The molecule has 2 N–H and O–H groups in total. The zero-order chi connectivity index (χ0) is 16.5. The van der Waals surface area contributed by atoms with Crippen molar-refractivity contribution in [2.75, 3.05) is 13.2 Å². The van der Waals surface area contributed by atoms with Gasteiger partial charge in [0.15, 0.2) is 5.65 Å². The zero-order valence-electron chi connectivity index (χ0n) is 13.3. The van der Waals surface area contributed by atoms with E-state index in [0.717, 1.165) is 0 Å². The molecular weight excluding hydrogens is 286 g/mol. The Morgan fingerprint density at radius 3 is 2.68 bits per heavy atom. The summed E-state index contributed by atoms with van der Waals surface area (Å²) >= 11 is 0. The van der Waals surface area contributed by atoms with Crippen molar-refractivity contribution in [3.05, 3.63) is 33.4 Å². The zero-order valence-corrected chi connectivity index (χ0v) is 13.3. The lowest BCUT2D eigenvalue weighted by Gasteiger charge is -2.21. The van der Waals surface area contributed by atoms with Crippen LogP contribution in [0.25, 0.3) is 5.65 Å². The summed E-state index contributed by atoms with van der Waals surface area (Å²) in [5, 5.41) is 11.9. The summed E-state index contributed by atoms with van der Waals surface area (Å²) in [4.78, 5) is 29.1. The third-order valence-electron chi connectivity index (χ3n) is 3.32. The molecule has 120 valence electrons. The molecule has 0 atom stereocenters. The normalized spacial score (nSPS) is 11.9. The van der Waals surface area contributed by atoms with Gasteiger partial charge in [-0.3, -0.25) is 9.89 Å². The number of hydrogen-bond acceptors (Lipinski definition) is 5. The average Bonchev–Trinajstić information content (AvgIpc) is 2.85. The Kier molecular flexibility index (Phi) is 4.37. The van der Waals surface area contributed by atoms with Crippen molar-refractivity contribution >= 4 is 11.6 Å². The molecule has 0 saturated carbocycles. The van der Waals surface area contributed by atoms with E-state index < -0.39 is 5.97 Å². The third-order valence-corrected chi connectivity index (χ3v) is 3.32. The molecule has 0 saturated heterocycles. The molecule has 0 aliphatic carbocycles. The van der Waals surface area contributed by atoms with Crippen molar-refractivity contribution in [3.63, 3.8) is 0 Å². The van der Waals surface area contributed by atoms with Gasteiger partial charge in [-0.1, -0.05) is 20.8 Å². The molecule has 0 fully saturated rings. The van der Waals surface area contributed by atoms with Crippen LogP contribution in [0.5, 0.6) is 0 Å². The Morgan fingerprint density at radius 1 is 1.45 bits per heavy atom. The van der Waals surface area contributed by atoms with E-state index in [-0.39, 0.29) is 41.8 Å².